The maximum atomic E-state index is 12.3. The topological polar surface area (TPSA) is 66.5 Å². The van der Waals surface area contributed by atoms with Gasteiger partial charge in [0.2, 0.25) is 11.8 Å². The standard InChI is InChI=1S/C14H20N2O3/c1-14(2)11(17)15-13(19)16(12(14)18)7-10-6-8-3-4-9(10)5-8/h8-10H,3-7H2,1-2H3,(H,15,17,19). The second-order valence-corrected chi connectivity index (χ2v) is 6.73. The average Bonchev–Trinajstić information content (AvgIpc) is 2.95. The molecule has 3 aliphatic rings. The Balaban J connectivity index is 1.75. The first-order valence-corrected chi connectivity index (χ1v) is 7.07. The molecule has 2 aliphatic carbocycles. The molecular formula is C14H20N2O3. The molecule has 0 spiro atoms. The molecule has 4 amide bonds. The van der Waals surface area contributed by atoms with E-state index in [0.29, 0.717) is 18.4 Å². The van der Waals surface area contributed by atoms with Gasteiger partial charge < -0.3 is 0 Å². The molecule has 5 nitrogen and oxygen atoms in total. The summed E-state index contributed by atoms with van der Waals surface area (Å²) in [4.78, 5) is 37.1. The zero-order valence-corrected chi connectivity index (χ0v) is 11.4. The van der Waals surface area contributed by atoms with Gasteiger partial charge in [0.15, 0.2) is 0 Å². The van der Waals surface area contributed by atoms with Crippen LogP contribution in [0.4, 0.5) is 4.79 Å². The second-order valence-electron chi connectivity index (χ2n) is 6.73. The molecular weight excluding hydrogens is 244 g/mol. The van der Waals surface area contributed by atoms with E-state index in [2.05, 4.69) is 5.32 Å². The van der Waals surface area contributed by atoms with E-state index in [1.807, 2.05) is 0 Å². The third-order valence-electron chi connectivity index (χ3n) is 5.11. The summed E-state index contributed by atoms with van der Waals surface area (Å²) in [6.45, 7) is 3.62. The lowest BCUT2D eigenvalue weighted by Gasteiger charge is -2.37. The van der Waals surface area contributed by atoms with Crippen LogP contribution in [0.3, 0.4) is 0 Å². The highest BCUT2D eigenvalue weighted by molar-refractivity contribution is 6.18. The average molecular weight is 264 g/mol. The fraction of sp³-hybridized carbons (Fsp3) is 0.786. The van der Waals surface area contributed by atoms with Gasteiger partial charge in [-0.25, -0.2) is 4.79 Å². The van der Waals surface area contributed by atoms with Crippen molar-refractivity contribution in [3.63, 3.8) is 0 Å². The molecule has 2 bridgehead atoms. The van der Waals surface area contributed by atoms with E-state index in [-0.39, 0.29) is 5.91 Å². The van der Waals surface area contributed by atoms with Crippen molar-refractivity contribution in [3.05, 3.63) is 0 Å². The molecule has 5 heteroatoms. The summed E-state index contributed by atoms with van der Waals surface area (Å²) in [7, 11) is 0. The van der Waals surface area contributed by atoms with Crippen LogP contribution < -0.4 is 5.32 Å². The lowest BCUT2D eigenvalue weighted by atomic mass is 9.85. The minimum absolute atomic E-state index is 0.357. The zero-order chi connectivity index (χ0) is 13.8. The van der Waals surface area contributed by atoms with Crippen LogP contribution in [0.5, 0.6) is 0 Å². The van der Waals surface area contributed by atoms with Crippen LogP contribution in [-0.4, -0.2) is 29.3 Å². The van der Waals surface area contributed by atoms with Crippen molar-refractivity contribution in [2.75, 3.05) is 6.54 Å². The Hall–Kier alpha value is -1.39. The molecule has 0 radical (unpaired) electrons. The van der Waals surface area contributed by atoms with E-state index in [1.54, 1.807) is 13.8 Å². The van der Waals surface area contributed by atoms with E-state index in [4.69, 9.17) is 0 Å². The molecule has 1 N–H and O–H groups in total. The van der Waals surface area contributed by atoms with Crippen LogP contribution in [0.25, 0.3) is 0 Å². The molecule has 3 rings (SSSR count). The molecule has 0 aromatic carbocycles. The third-order valence-corrected chi connectivity index (χ3v) is 5.11. The van der Waals surface area contributed by atoms with Gasteiger partial charge >= 0.3 is 6.03 Å². The van der Waals surface area contributed by atoms with E-state index in [9.17, 15) is 14.4 Å². The van der Waals surface area contributed by atoms with Gasteiger partial charge in [-0.1, -0.05) is 6.42 Å². The fourth-order valence-corrected chi connectivity index (χ4v) is 3.85. The number of barbiturate groups is 1. The SMILES string of the molecule is CC1(C)C(=O)NC(=O)N(CC2CC3CCC2C3)C1=O. The maximum absolute atomic E-state index is 12.3. The molecule has 3 unspecified atom stereocenters. The third kappa shape index (κ3) is 1.86. The van der Waals surface area contributed by atoms with Gasteiger partial charge in [-0.3, -0.25) is 19.8 Å². The summed E-state index contributed by atoms with van der Waals surface area (Å²) >= 11 is 0. The summed E-state index contributed by atoms with van der Waals surface area (Å²) in [6, 6.07) is -0.544. The summed E-state index contributed by atoms with van der Waals surface area (Å²) in [5, 5.41) is 2.30. The normalized spacial score (nSPS) is 36.8. The van der Waals surface area contributed by atoms with Crippen molar-refractivity contribution in [2.24, 2.45) is 23.2 Å². The Labute approximate surface area is 112 Å². The van der Waals surface area contributed by atoms with Gasteiger partial charge in [0, 0.05) is 6.54 Å². The second kappa shape index (κ2) is 4.05. The Morgan fingerprint density at radius 2 is 1.95 bits per heavy atom. The molecule has 1 heterocycles. The Morgan fingerprint density at radius 3 is 2.53 bits per heavy atom. The van der Waals surface area contributed by atoms with Crippen molar-refractivity contribution in [3.8, 4) is 0 Å². The summed E-state index contributed by atoms with van der Waals surface area (Å²) < 4.78 is 0. The largest absolute Gasteiger partial charge is 0.330 e. The fourth-order valence-electron chi connectivity index (χ4n) is 3.85. The van der Waals surface area contributed by atoms with E-state index in [0.717, 1.165) is 12.3 Å². The van der Waals surface area contributed by atoms with Gasteiger partial charge in [0.05, 0.1) is 0 Å². The maximum Gasteiger partial charge on any atom is 0.330 e. The van der Waals surface area contributed by atoms with Crippen LogP contribution >= 0.6 is 0 Å². The number of urea groups is 1. The van der Waals surface area contributed by atoms with E-state index < -0.39 is 17.4 Å². The van der Waals surface area contributed by atoms with Gasteiger partial charge in [-0.2, -0.15) is 0 Å². The molecule has 1 aliphatic heterocycles. The van der Waals surface area contributed by atoms with Crippen LogP contribution in [0, 0.1) is 23.2 Å². The van der Waals surface area contributed by atoms with Crippen LogP contribution in [0.2, 0.25) is 0 Å². The van der Waals surface area contributed by atoms with Crippen molar-refractivity contribution >= 4 is 17.8 Å². The molecule has 104 valence electrons. The number of carbonyl (C=O) groups excluding carboxylic acids is 3. The van der Waals surface area contributed by atoms with Gasteiger partial charge in [-0.15, -0.1) is 0 Å². The minimum atomic E-state index is -1.13. The number of nitrogens with zero attached hydrogens (tertiary/aromatic N) is 1. The van der Waals surface area contributed by atoms with Gasteiger partial charge in [-0.05, 0) is 50.9 Å². The molecule has 0 aromatic heterocycles. The number of rotatable bonds is 2. The number of fused-ring (bicyclic) bond motifs is 2. The first kappa shape index (κ1) is 12.6. The lowest BCUT2D eigenvalue weighted by molar-refractivity contribution is -0.149. The predicted molar refractivity (Wildman–Crippen MR) is 68.0 cm³/mol. The highest BCUT2D eigenvalue weighted by Crippen LogP contribution is 2.48. The summed E-state index contributed by atoms with van der Waals surface area (Å²) in [5.41, 5.74) is -1.13. The van der Waals surface area contributed by atoms with Gasteiger partial charge in [0.25, 0.3) is 0 Å². The first-order chi connectivity index (χ1) is 8.89. The summed E-state index contributed by atoms with van der Waals surface area (Å²) in [5.74, 6) is 1.02. The van der Waals surface area contributed by atoms with Crippen molar-refractivity contribution < 1.29 is 14.4 Å². The minimum Gasteiger partial charge on any atom is -0.277 e. The van der Waals surface area contributed by atoms with Crippen LogP contribution in [0.1, 0.15) is 39.5 Å². The number of carbonyl (C=O) groups is 3. The number of nitrogens with one attached hydrogen (secondary N) is 1. The molecule has 2 saturated carbocycles. The Morgan fingerprint density at radius 1 is 1.21 bits per heavy atom. The lowest BCUT2D eigenvalue weighted by Crippen LogP contribution is -2.62. The highest BCUT2D eigenvalue weighted by atomic mass is 16.2. The molecule has 3 atom stereocenters. The Kier molecular flexibility index (Phi) is 2.69. The molecule has 19 heavy (non-hydrogen) atoms. The van der Waals surface area contributed by atoms with E-state index in [1.165, 1.54) is 24.2 Å². The number of imide groups is 2. The van der Waals surface area contributed by atoms with Crippen LogP contribution in [0.15, 0.2) is 0 Å². The number of hydrogen-bond acceptors (Lipinski definition) is 3. The van der Waals surface area contributed by atoms with Crippen molar-refractivity contribution in [1.29, 1.82) is 0 Å². The zero-order valence-electron chi connectivity index (χ0n) is 11.4. The quantitative estimate of drug-likeness (QED) is 0.769. The monoisotopic (exact) mass is 264 g/mol. The van der Waals surface area contributed by atoms with Gasteiger partial charge in [0.1, 0.15) is 5.41 Å². The summed E-state index contributed by atoms with van der Waals surface area (Å²) in [6.07, 6.45) is 4.89. The van der Waals surface area contributed by atoms with Crippen molar-refractivity contribution in [1.82, 2.24) is 10.2 Å². The highest BCUT2D eigenvalue weighted by Gasteiger charge is 2.49. The molecule has 0 aromatic rings. The smallest absolute Gasteiger partial charge is 0.277 e. The molecule has 1 saturated heterocycles. The van der Waals surface area contributed by atoms with Crippen LogP contribution in [-0.2, 0) is 9.59 Å². The first-order valence-electron chi connectivity index (χ1n) is 7.07. The number of hydrogen-bond donors (Lipinski definition) is 1. The van der Waals surface area contributed by atoms with E-state index >= 15 is 0 Å². The van der Waals surface area contributed by atoms with Crippen molar-refractivity contribution in [2.45, 2.75) is 39.5 Å². The Bertz CT molecular complexity index is 458. The number of amides is 4. The predicted octanol–water partition coefficient (Wildman–Crippen LogP) is 1.53. The molecule has 3 fully saturated rings.